The molecule has 1 saturated carbocycles. The van der Waals surface area contributed by atoms with E-state index in [9.17, 15) is 14.0 Å². The van der Waals surface area contributed by atoms with Crippen molar-refractivity contribution in [1.29, 1.82) is 0 Å². The van der Waals surface area contributed by atoms with Crippen LogP contribution in [0.5, 0.6) is 0 Å². The van der Waals surface area contributed by atoms with Crippen LogP contribution in [0.25, 0.3) is 6.08 Å². The number of carbonyl (C=O) groups is 2. The van der Waals surface area contributed by atoms with Crippen LogP contribution >= 0.6 is 0 Å². The van der Waals surface area contributed by atoms with Crippen molar-refractivity contribution in [3.63, 3.8) is 0 Å². The van der Waals surface area contributed by atoms with Gasteiger partial charge in [-0.3, -0.25) is 9.59 Å². The highest BCUT2D eigenvalue weighted by molar-refractivity contribution is 5.98. The van der Waals surface area contributed by atoms with E-state index in [4.69, 9.17) is 4.74 Å². The molecule has 4 rings (SSSR count). The second kappa shape index (κ2) is 11.3. The van der Waals surface area contributed by atoms with E-state index in [1.807, 2.05) is 25.2 Å². The van der Waals surface area contributed by atoms with E-state index in [2.05, 4.69) is 22.3 Å². The van der Waals surface area contributed by atoms with Gasteiger partial charge in [-0.25, -0.2) is 4.39 Å². The zero-order chi connectivity index (χ0) is 23.9. The molecular weight excluding hydrogens is 433 g/mol. The molecule has 6 nitrogen and oxygen atoms in total. The minimum Gasteiger partial charge on any atom is -0.482 e. The fraction of sp³-hybridized carbons (Fsp3) is 0.407. The van der Waals surface area contributed by atoms with Gasteiger partial charge in [0.2, 0.25) is 5.91 Å². The average Bonchev–Trinajstić information content (AvgIpc) is 2.82. The summed E-state index contributed by atoms with van der Waals surface area (Å²) in [6, 6.07) is 16.1. The molecule has 0 spiro atoms. The van der Waals surface area contributed by atoms with Crippen molar-refractivity contribution >= 4 is 17.9 Å². The zero-order valence-electron chi connectivity index (χ0n) is 19.6. The van der Waals surface area contributed by atoms with Crippen molar-refractivity contribution in [2.45, 2.75) is 44.4 Å². The molecule has 1 heterocycles. The van der Waals surface area contributed by atoms with Gasteiger partial charge in [0.15, 0.2) is 5.76 Å². The van der Waals surface area contributed by atoms with Crippen molar-refractivity contribution < 1.29 is 18.7 Å². The van der Waals surface area contributed by atoms with E-state index >= 15 is 0 Å². The van der Waals surface area contributed by atoms with Gasteiger partial charge < -0.3 is 19.9 Å². The number of benzene rings is 2. The number of likely N-dealkylation sites (N-methyl/N-ethyl adjacent to an activating group) is 1. The van der Waals surface area contributed by atoms with Crippen molar-refractivity contribution in [3.8, 4) is 0 Å². The molecule has 1 aliphatic carbocycles. The summed E-state index contributed by atoms with van der Waals surface area (Å²) >= 11 is 0. The highest BCUT2D eigenvalue weighted by atomic mass is 19.1. The summed E-state index contributed by atoms with van der Waals surface area (Å²) in [6.07, 6.45) is 5.10. The van der Waals surface area contributed by atoms with E-state index in [0.29, 0.717) is 18.7 Å². The fourth-order valence-electron chi connectivity index (χ4n) is 4.68. The number of nitrogens with one attached hydrogen (secondary N) is 1. The van der Waals surface area contributed by atoms with Gasteiger partial charge in [-0.15, -0.1) is 0 Å². The molecule has 2 aromatic carbocycles. The summed E-state index contributed by atoms with van der Waals surface area (Å²) in [4.78, 5) is 29.8. The number of fused-ring (bicyclic) bond motifs is 1. The van der Waals surface area contributed by atoms with E-state index < -0.39 is 0 Å². The number of rotatable bonds is 8. The highest BCUT2D eigenvalue weighted by Gasteiger charge is 2.42. The lowest BCUT2D eigenvalue weighted by Crippen LogP contribution is -2.57. The Balaban J connectivity index is 1.36. The maximum atomic E-state index is 13.6. The van der Waals surface area contributed by atoms with Gasteiger partial charge >= 0.3 is 0 Å². The number of amides is 2. The lowest BCUT2D eigenvalue weighted by Gasteiger charge is -2.44. The number of hydrogen-bond donors (Lipinski definition) is 1. The first-order valence-electron chi connectivity index (χ1n) is 11.9. The van der Waals surface area contributed by atoms with E-state index in [1.165, 1.54) is 17.7 Å². The molecule has 2 amide bonds. The number of carbonyl (C=O) groups excluding carboxylic acids is 2. The number of ether oxygens (including phenoxy) is 1. The molecule has 0 bridgehead atoms. The fourth-order valence-corrected chi connectivity index (χ4v) is 4.68. The molecule has 2 fully saturated rings. The first-order valence-corrected chi connectivity index (χ1v) is 11.9. The van der Waals surface area contributed by atoms with Crippen LogP contribution in [-0.2, 0) is 20.9 Å². The van der Waals surface area contributed by atoms with Crippen LogP contribution in [0.4, 0.5) is 4.39 Å². The Morgan fingerprint density at radius 1 is 1.18 bits per heavy atom. The van der Waals surface area contributed by atoms with Crippen molar-refractivity contribution in [3.05, 3.63) is 77.3 Å². The standard InChI is InChI=1S/C27H32FN3O3/c1-30(18-20-8-3-2-4-9-20)15-14-29-26(32)19-31-23-12-5-6-13-24(23)34-25(27(31)33)17-21-10-7-11-22(28)16-21/h2-4,7-11,16-17,23-24H,5-6,12-15,18-19H2,1H3,(H,29,32)/b25-17+. The quantitative estimate of drug-likeness (QED) is 0.606. The summed E-state index contributed by atoms with van der Waals surface area (Å²) in [5, 5.41) is 2.95. The predicted molar refractivity (Wildman–Crippen MR) is 129 cm³/mol. The molecule has 1 aliphatic heterocycles. The third-order valence-electron chi connectivity index (χ3n) is 6.39. The van der Waals surface area contributed by atoms with Gasteiger partial charge in [0.25, 0.3) is 5.91 Å². The Kier molecular flexibility index (Phi) is 7.95. The van der Waals surface area contributed by atoms with Gasteiger partial charge in [0.05, 0.1) is 6.04 Å². The average molecular weight is 466 g/mol. The van der Waals surface area contributed by atoms with E-state index in [1.54, 1.807) is 23.1 Å². The highest BCUT2D eigenvalue weighted by Crippen LogP contribution is 2.33. The Labute approximate surface area is 200 Å². The molecule has 1 N–H and O–H groups in total. The Morgan fingerprint density at radius 2 is 1.97 bits per heavy atom. The molecule has 2 aromatic rings. The Hall–Kier alpha value is -3.19. The molecule has 2 unspecified atom stereocenters. The molecule has 180 valence electrons. The second-order valence-electron chi connectivity index (χ2n) is 9.08. The number of hydrogen-bond acceptors (Lipinski definition) is 4. The largest absolute Gasteiger partial charge is 0.482 e. The minimum absolute atomic E-state index is 0.00769. The SMILES string of the molecule is CN(CCNC(=O)CN1C(=O)/C(=C\c2cccc(F)c2)OC2CCCCC21)Cc1ccccc1. The zero-order valence-corrected chi connectivity index (χ0v) is 19.6. The van der Waals surface area contributed by atoms with Crippen LogP contribution in [0.3, 0.4) is 0 Å². The first kappa shape index (κ1) is 24.0. The van der Waals surface area contributed by atoms with Gasteiger partial charge in [-0.2, -0.15) is 0 Å². The summed E-state index contributed by atoms with van der Waals surface area (Å²) in [5.41, 5.74) is 1.78. The van der Waals surface area contributed by atoms with Crippen LogP contribution in [-0.4, -0.2) is 60.4 Å². The van der Waals surface area contributed by atoms with Gasteiger partial charge in [0, 0.05) is 19.6 Å². The maximum Gasteiger partial charge on any atom is 0.289 e. The van der Waals surface area contributed by atoms with Crippen LogP contribution in [0.1, 0.15) is 36.8 Å². The molecule has 1 saturated heterocycles. The smallest absolute Gasteiger partial charge is 0.289 e. The monoisotopic (exact) mass is 465 g/mol. The van der Waals surface area contributed by atoms with Crippen LogP contribution in [0.15, 0.2) is 60.4 Å². The summed E-state index contributed by atoms with van der Waals surface area (Å²) in [6.45, 7) is 2.00. The molecular formula is C27H32FN3O3. The molecule has 2 aliphatic rings. The second-order valence-corrected chi connectivity index (χ2v) is 9.08. The van der Waals surface area contributed by atoms with E-state index in [-0.39, 0.29) is 42.1 Å². The number of halogens is 1. The van der Waals surface area contributed by atoms with Gasteiger partial charge in [-0.1, -0.05) is 48.9 Å². The first-order chi connectivity index (χ1) is 16.5. The van der Waals surface area contributed by atoms with Crippen LogP contribution in [0.2, 0.25) is 0 Å². The minimum atomic E-state index is -0.374. The summed E-state index contributed by atoms with van der Waals surface area (Å²) in [7, 11) is 2.01. The van der Waals surface area contributed by atoms with Crippen molar-refractivity contribution in [1.82, 2.24) is 15.1 Å². The maximum absolute atomic E-state index is 13.6. The summed E-state index contributed by atoms with van der Waals surface area (Å²) in [5.74, 6) is -0.702. The molecule has 0 aromatic heterocycles. The molecule has 2 atom stereocenters. The Morgan fingerprint density at radius 3 is 2.76 bits per heavy atom. The molecule has 7 heteroatoms. The number of nitrogens with zero attached hydrogens (tertiary/aromatic N) is 2. The summed E-state index contributed by atoms with van der Waals surface area (Å²) < 4.78 is 19.6. The van der Waals surface area contributed by atoms with Crippen LogP contribution in [0, 0.1) is 5.82 Å². The van der Waals surface area contributed by atoms with Gasteiger partial charge in [0.1, 0.15) is 18.5 Å². The normalized spacial score (nSPS) is 21.3. The third-order valence-corrected chi connectivity index (χ3v) is 6.39. The predicted octanol–water partition coefficient (Wildman–Crippen LogP) is 3.58. The van der Waals surface area contributed by atoms with Crippen LogP contribution < -0.4 is 5.32 Å². The van der Waals surface area contributed by atoms with Gasteiger partial charge in [-0.05, 0) is 55.6 Å². The van der Waals surface area contributed by atoms with Crippen molar-refractivity contribution in [2.24, 2.45) is 0 Å². The topological polar surface area (TPSA) is 61.9 Å². The number of morpholine rings is 1. The Bertz CT molecular complexity index is 1030. The van der Waals surface area contributed by atoms with E-state index in [0.717, 1.165) is 32.2 Å². The molecule has 0 radical (unpaired) electrons. The molecule has 34 heavy (non-hydrogen) atoms. The lowest BCUT2D eigenvalue weighted by molar-refractivity contribution is -0.151. The third kappa shape index (κ3) is 6.23. The van der Waals surface area contributed by atoms with Crippen molar-refractivity contribution in [2.75, 3.05) is 26.7 Å². The lowest BCUT2D eigenvalue weighted by atomic mass is 9.89.